The van der Waals surface area contributed by atoms with Gasteiger partial charge in [0.1, 0.15) is 5.83 Å². The number of hydrogen-bond acceptors (Lipinski definition) is 0. The lowest BCUT2D eigenvalue weighted by atomic mass is 10.1. The van der Waals surface area contributed by atoms with E-state index in [9.17, 15) is 13.2 Å². The maximum atomic E-state index is 12.5. The van der Waals surface area contributed by atoms with Crippen LogP contribution in [0.15, 0.2) is 24.1 Å². The summed E-state index contributed by atoms with van der Waals surface area (Å²) in [5.41, 5.74) is -0.231. The van der Waals surface area contributed by atoms with Gasteiger partial charge in [-0.05, 0) is 12.5 Å². The van der Waals surface area contributed by atoms with E-state index >= 15 is 0 Å². The quantitative estimate of drug-likeness (QED) is 0.560. The lowest BCUT2D eigenvalue weighted by Gasteiger charge is -2.12. The molecule has 0 unspecified atom stereocenters. The van der Waals surface area contributed by atoms with E-state index in [2.05, 4.69) is 6.58 Å². The second kappa shape index (κ2) is 3.60. The summed E-state index contributed by atoms with van der Waals surface area (Å²) < 4.78 is 37.0. The minimum Gasteiger partial charge on any atom is -0.208 e. The highest BCUT2D eigenvalue weighted by Gasteiger charge is 2.25. The summed E-state index contributed by atoms with van der Waals surface area (Å²) >= 11 is 0. The molecule has 3 heteroatoms. The van der Waals surface area contributed by atoms with Crippen LogP contribution in [0.2, 0.25) is 0 Å². The normalized spacial score (nSPS) is 13.4. The summed E-state index contributed by atoms with van der Waals surface area (Å²) in [6, 6.07) is 0. The van der Waals surface area contributed by atoms with Gasteiger partial charge in [-0.3, -0.25) is 0 Å². The molecule has 0 saturated carbocycles. The topological polar surface area (TPSA) is 0 Å². The predicted molar refractivity (Wildman–Crippen MR) is 39.2 cm³/mol. The third kappa shape index (κ3) is 3.86. The van der Waals surface area contributed by atoms with E-state index in [0.29, 0.717) is 0 Å². The summed E-state index contributed by atoms with van der Waals surface area (Å²) in [4.78, 5) is 0. The maximum Gasteiger partial charge on any atom is 0.266 e. The van der Waals surface area contributed by atoms with Crippen molar-refractivity contribution >= 4 is 0 Å². The van der Waals surface area contributed by atoms with Crippen LogP contribution in [0.3, 0.4) is 0 Å². The molecular weight excluding hydrogens is 153 g/mol. The zero-order chi connectivity index (χ0) is 9.07. The van der Waals surface area contributed by atoms with Crippen molar-refractivity contribution in [2.45, 2.75) is 26.2 Å². The van der Waals surface area contributed by atoms with Crippen molar-refractivity contribution in [3.63, 3.8) is 0 Å². The van der Waals surface area contributed by atoms with Gasteiger partial charge >= 0.3 is 0 Å². The Hall–Kier alpha value is -0.730. The zero-order valence-electron chi connectivity index (χ0n) is 6.63. The molecule has 0 aromatic heterocycles. The third-order valence-electron chi connectivity index (χ3n) is 1.28. The Bertz CT molecular complexity index is 174. The molecule has 0 bridgehead atoms. The molecule has 0 aliphatic heterocycles. The number of alkyl halides is 2. The zero-order valence-corrected chi connectivity index (χ0v) is 6.63. The molecule has 0 heterocycles. The predicted octanol–water partition coefficient (Wildman–Crippen LogP) is 3.46. The fourth-order valence-corrected chi connectivity index (χ4v) is 0.728. The van der Waals surface area contributed by atoms with E-state index in [1.807, 2.05) is 0 Å². The largest absolute Gasteiger partial charge is 0.266 e. The van der Waals surface area contributed by atoms with E-state index in [1.54, 1.807) is 6.92 Å². The number of halogens is 3. The molecule has 0 radical (unpaired) electrons. The Labute approximate surface area is 64.4 Å². The SMILES string of the molecule is C=C(F)/C=C(\CC)C(C)(F)F. The van der Waals surface area contributed by atoms with Crippen LogP contribution < -0.4 is 0 Å². The number of hydrogen-bond donors (Lipinski definition) is 0. The van der Waals surface area contributed by atoms with Crippen molar-refractivity contribution in [3.8, 4) is 0 Å². The van der Waals surface area contributed by atoms with Gasteiger partial charge in [0.2, 0.25) is 0 Å². The average molecular weight is 164 g/mol. The van der Waals surface area contributed by atoms with Crippen LogP contribution in [-0.2, 0) is 0 Å². The molecule has 0 aromatic carbocycles. The van der Waals surface area contributed by atoms with Crippen molar-refractivity contribution < 1.29 is 13.2 Å². The van der Waals surface area contributed by atoms with Crippen molar-refractivity contribution in [1.29, 1.82) is 0 Å². The molecule has 0 aliphatic carbocycles. The van der Waals surface area contributed by atoms with Gasteiger partial charge in [-0.2, -0.15) is 0 Å². The highest BCUT2D eigenvalue weighted by Crippen LogP contribution is 2.26. The monoisotopic (exact) mass is 164 g/mol. The molecule has 0 spiro atoms. The molecule has 0 aromatic rings. The second-order valence-electron chi connectivity index (χ2n) is 2.36. The van der Waals surface area contributed by atoms with Crippen molar-refractivity contribution in [1.82, 2.24) is 0 Å². The first kappa shape index (κ1) is 10.3. The van der Waals surface area contributed by atoms with Crippen molar-refractivity contribution in [2.75, 3.05) is 0 Å². The van der Waals surface area contributed by atoms with E-state index in [1.165, 1.54) is 0 Å². The first-order chi connectivity index (χ1) is 4.88. The van der Waals surface area contributed by atoms with E-state index in [4.69, 9.17) is 0 Å². The standard InChI is InChI=1S/C8H11F3/c1-4-7(5-6(2)9)8(3,10)11/h5H,2,4H2,1,3H3/b7-5+. The number of allylic oxidation sites excluding steroid dienone is 3. The molecule has 0 nitrogen and oxygen atoms in total. The lowest BCUT2D eigenvalue weighted by molar-refractivity contribution is 0.0601. The van der Waals surface area contributed by atoms with Crippen LogP contribution in [0.5, 0.6) is 0 Å². The molecule has 0 atom stereocenters. The maximum absolute atomic E-state index is 12.5. The molecular formula is C8H11F3. The van der Waals surface area contributed by atoms with E-state index in [0.717, 1.165) is 13.0 Å². The Balaban J connectivity index is 4.54. The summed E-state index contributed by atoms with van der Waals surface area (Å²) in [5.74, 6) is -3.77. The molecule has 0 rings (SSSR count). The van der Waals surface area contributed by atoms with Gasteiger partial charge in [-0.1, -0.05) is 13.5 Å². The highest BCUT2D eigenvalue weighted by molar-refractivity contribution is 5.20. The summed E-state index contributed by atoms with van der Waals surface area (Å²) in [7, 11) is 0. The molecule has 0 fully saturated rings. The molecule has 11 heavy (non-hydrogen) atoms. The van der Waals surface area contributed by atoms with Crippen molar-refractivity contribution in [3.05, 3.63) is 24.1 Å². The molecule has 0 amide bonds. The fourth-order valence-electron chi connectivity index (χ4n) is 0.728. The molecule has 64 valence electrons. The molecule has 0 saturated heterocycles. The first-order valence-electron chi connectivity index (χ1n) is 3.31. The molecule has 0 aliphatic rings. The van der Waals surface area contributed by atoms with Crippen molar-refractivity contribution in [2.24, 2.45) is 0 Å². The van der Waals surface area contributed by atoms with Crippen LogP contribution in [0.25, 0.3) is 0 Å². The minimum atomic E-state index is -2.94. The fraction of sp³-hybridized carbons (Fsp3) is 0.500. The minimum absolute atomic E-state index is 0.131. The van der Waals surface area contributed by atoms with Gasteiger partial charge in [0.15, 0.2) is 0 Å². The smallest absolute Gasteiger partial charge is 0.208 e. The summed E-state index contributed by atoms with van der Waals surface area (Å²) in [6.45, 7) is 5.17. The van der Waals surface area contributed by atoms with E-state index in [-0.39, 0.29) is 12.0 Å². The highest BCUT2D eigenvalue weighted by atomic mass is 19.3. The van der Waals surface area contributed by atoms with Gasteiger partial charge < -0.3 is 0 Å². The Kier molecular flexibility index (Phi) is 3.36. The molecule has 0 N–H and O–H groups in total. The Morgan fingerprint density at radius 1 is 1.55 bits per heavy atom. The van der Waals surface area contributed by atoms with Crippen LogP contribution >= 0.6 is 0 Å². The van der Waals surface area contributed by atoms with Gasteiger partial charge in [-0.15, -0.1) is 0 Å². The van der Waals surface area contributed by atoms with E-state index < -0.39 is 11.7 Å². The summed E-state index contributed by atoms with van der Waals surface area (Å²) in [5, 5.41) is 0. The second-order valence-corrected chi connectivity index (χ2v) is 2.36. The third-order valence-corrected chi connectivity index (χ3v) is 1.28. The first-order valence-corrected chi connectivity index (χ1v) is 3.31. The van der Waals surface area contributed by atoms with Crippen LogP contribution in [0, 0.1) is 0 Å². The lowest BCUT2D eigenvalue weighted by Crippen LogP contribution is -2.13. The number of rotatable bonds is 3. The Morgan fingerprint density at radius 2 is 2.00 bits per heavy atom. The van der Waals surface area contributed by atoms with Gasteiger partial charge in [0, 0.05) is 12.5 Å². The average Bonchev–Trinajstić information content (AvgIpc) is 1.79. The summed E-state index contributed by atoms with van der Waals surface area (Å²) in [6.07, 6.45) is 0.909. The van der Waals surface area contributed by atoms with Crippen LogP contribution in [-0.4, -0.2) is 5.92 Å². The van der Waals surface area contributed by atoms with Crippen LogP contribution in [0.4, 0.5) is 13.2 Å². The van der Waals surface area contributed by atoms with Gasteiger partial charge in [0.25, 0.3) is 5.92 Å². The Morgan fingerprint density at radius 3 is 2.09 bits per heavy atom. The van der Waals surface area contributed by atoms with Crippen LogP contribution in [0.1, 0.15) is 20.3 Å². The van der Waals surface area contributed by atoms with Gasteiger partial charge in [0.05, 0.1) is 0 Å². The van der Waals surface area contributed by atoms with Gasteiger partial charge in [-0.25, -0.2) is 13.2 Å².